The second-order valence-electron chi connectivity index (χ2n) is 7.52. The SMILES string of the molecule is Cc1ccc(C)c(S(=O)(=O)N2CCN(Cc3nc4ccccc4n3C)CC2)c1. The van der Waals surface area contributed by atoms with Crippen LogP contribution >= 0.6 is 0 Å². The molecule has 0 amide bonds. The molecule has 4 rings (SSSR count). The summed E-state index contributed by atoms with van der Waals surface area (Å²) >= 11 is 0. The van der Waals surface area contributed by atoms with Crippen LogP contribution < -0.4 is 0 Å². The summed E-state index contributed by atoms with van der Waals surface area (Å²) in [6.45, 7) is 6.91. The van der Waals surface area contributed by atoms with Crippen LogP contribution in [-0.4, -0.2) is 53.4 Å². The number of fused-ring (bicyclic) bond motifs is 1. The third kappa shape index (κ3) is 3.45. The van der Waals surface area contributed by atoms with Crippen molar-refractivity contribution < 1.29 is 8.42 Å². The van der Waals surface area contributed by atoms with Gasteiger partial charge in [-0.3, -0.25) is 4.90 Å². The maximum absolute atomic E-state index is 13.1. The van der Waals surface area contributed by atoms with Crippen molar-refractivity contribution in [2.45, 2.75) is 25.3 Å². The molecular formula is C21H26N4O2S. The van der Waals surface area contributed by atoms with Gasteiger partial charge in [0.1, 0.15) is 5.82 Å². The number of hydrogen-bond acceptors (Lipinski definition) is 4. The molecule has 2 heterocycles. The lowest BCUT2D eigenvalue weighted by Gasteiger charge is -2.34. The maximum Gasteiger partial charge on any atom is 0.243 e. The van der Waals surface area contributed by atoms with Crippen LogP contribution in [0.2, 0.25) is 0 Å². The Kier molecular flexibility index (Phi) is 4.99. The van der Waals surface area contributed by atoms with Gasteiger partial charge in [-0.1, -0.05) is 24.3 Å². The zero-order valence-corrected chi connectivity index (χ0v) is 17.4. The highest BCUT2D eigenvalue weighted by molar-refractivity contribution is 7.89. The predicted octanol–water partition coefficient (Wildman–Crippen LogP) is 2.70. The molecule has 28 heavy (non-hydrogen) atoms. The van der Waals surface area contributed by atoms with Gasteiger partial charge in [0.05, 0.1) is 22.5 Å². The highest BCUT2D eigenvalue weighted by atomic mass is 32.2. The van der Waals surface area contributed by atoms with Gasteiger partial charge in [0.2, 0.25) is 10.0 Å². The van der Waals surface area contributed by atoms with E-state index in [1.54, 1.807) is 10.4 Å². The van der Waals surface area contributed by atoms with Crippen molar-refractivity contribution in [2.24, 2.45) is 7.05 Å². The first-order valence-corrected chi connectivity index (χ1v) is 11.0. The molecule has 1 aliphatic heterocycles. The van der Waals surface area contributed by atoms with Gasteiger partial charge >= 0.3 is 0 Å². The van der Waals surface area contributed by atoms with E-state index < -0.39 is 10.0 Å². The Hall–Kier alpha value is -2.22. The molecule has 6 nitrogen and oxygen atoms in total. The van der Waals surface area contributed by atoms with E-state index in [9.17, 15) is 8.42 Å². The van der Waals surface area contributed by atoms with Crippen molar-refractivity contribution >= 4 is 21.1 Å². The molecule has 3 aromatic rings. The molecule has 1 aliphatic rings. The summed E-state index contributed by atoms with van der Waals surface area (Å²) in [5, 5.41) is 0. The van der Waals surface area contributed by atoms with Crippen molar-refractivity contribution in [1.29, 1.82) is 0 Å². The van der Waals surface area contributed by atoms with Crippen molar-refractivity contribution in [3.05, 3.63) is 59.4 Å². The Morgan fingerprint density at radius 2 is 1.71 bits per heavy atom. The van der Waals surface area contributed by atoms with Gasteiger partial charge in [0.15, 0.2) is 0 Å². The molecular weight excluding hydrogens is 372 g/mol. The Labute approximate surface area is 166 Å². The minimum atomic E-state index is -3.45. The first-order valence-electron chi connectivity index (χ1n) is 9.56. The smallest absolute Gasteiger partial charge is 0.243 e. The zero-order valence-electron chi connectivity index (χ0n) is 16.6. The summed E-state index contributed by atoms with van der Waals surface area (Å²) in [5.41, 5.74) is 3.88. The van der Waals surface area contributed by atoms with Crippen LogP contribution in [0.3, 0.4) is 0 Å². The second-order valence-corrected chi connectivity index (χ2v) is 9.43. The van der Waals surface area contributed by atoms with Crippen molar-refractivity contribution in [3.8, 4) is 0 Å². The predicted molar refractivity (Wildman–Crippen MR) is 111 cm³/mol. The number of hydrogen-bond donors (Lipinski definition) is 0. The Bertz CT molecular complexity index is 1110. The summed E-state index contributed by atoms with van der Waals surface area (Å²) < 4.78 is 29.9. The molecule has 0 atom stereocenters. The number of imidazole rings is 1. The molecule has 0 bridgehead atoms. The third-order valence-corrected chi connectivity index (χ3v) is 7.58. The largest absolute Gasteiger partial charge is 0.330 e. The number of sulfonamides is 1. The van der Waals surface area contributed by atoms with Crippen LogP contribution in [0.5, 0.6) is 0 Å². The van der Waals surface area contributed by atoms with Gasteiger partial charge in [-0.15, -0.1) is 0 Å². The fraction of sp³-hybridized carbons (Fsp3) is 0.381. The topological polar surface area (TPSA) is 58.4 Å². The molecule has 148 valence electrons. The van der Waals surface area contributed by atoms with E-state index in [2.05, 4.69) is 15.5 Å². The van der Waals surface area contributed by atoms with Crippen LogP contribution in [0.1, 0.15) is 17.0 Å². The molecule has 0 radical (unpaired) electrons. The molecule has 0 aliphatic carbocycles. The van der Waals surface area contributed by atoms with Crippen LogP contribution in [0.4, 0.5) is 0 Å². The average Bonchev–Trinajstić information content (AvgIpc) is 3.00. The highest BCUT2D eigenvalue weighted by Gasteiger charge is 2.30. The van der Waals surface area contributed by atoms with E-state index >= 15 is 0 Å². The lowest BCUT2D eigenvalue weighted by molar-refractivity contribution is 0.177. The summed E-state index contributed by atoms with van der Waals surface area (Å²) in [6.07, 6.45) is 0. The molecule has 0 spiro atoms. The third-order valence-electron chi connectivity index (χ3n) is 5.54. The zero-order chi connectivity index (χ0) is 19.9. The van der Waals surface area contributed by atoms with Gasteiger partial charge < -0.3 is 4.57 Å². The minimum Gasteiger partial charge on any atom is -0.330 e. The van der Waals surface area contributed by atoms with Crippen LogP contribution in [0, 0.1) is 13.8 Å². The van der Waals surface area contributed by atoms with E-state index in [-0.39, 0.29) is 0 Å². The Morgan fingerprint density at radius 3 is 2.43 bits per heavy atom. The number of benzene rings is 2. The molecule has 2 aromatic carbocycles. The van der Waals surface area contributed by atoms with E-state index in [4.69, 9.17) is 4.98 Å². The van der Waals surface area contributed by atoms with E-state index in [1.165, 1.54) is 0 Å². The van der Waals surface area contributed by atoms with Crippen LogP contribution in [0.25, 0.3) is 11.0 Å². The van der Waals surface area contributed by atoms with Gasteiger partial charge in [0, 0.05) is 33.2 Å². The monoisotopic (exact) mass is 398 g/mol. The van der Waals surface area contributed by atoms with E-state index in [0.717, 1.165) is 34.5 Å². The number of nitrogens with zero attached hydrogens (tertiary/aromatic N) is 4. The number of para-hydroxylation sites is 2. The normalized spacial score (nSPS) is 16.7. The van der Waals surface area contributed by atoms with Gasteiger partial charge in [-0.25, -0.2) is 13.4 Å². The van der Waals surface area contributed by atoms with Crippen molar-refractivity contribution in [3.63, 3.8) is 0 Å². The lowest BCUT2D eigenvalue weighted by atomic mass is 10.2. The van der Waals surface area contributed by atoms with E-state index in [1.807, 2.05) is 51.2 Å². The standard InChI is InChI=1S/C21H26N4O2S/c1-16-8-9-17(2)20(14-16)28(26,27)25-12-10-24(11-13-25)15-21-22-18-6-4-5-7-19(18)23(21)3/h4-9,14H,10-13,15H2,1-3H3. The summed E-state index contributed by atoms with van der Waals surface area (Å²) in [4.78, 5) is 7.43. The Morgan fingerprint density at radius 1 is 1.00 bits per heavy atom. The van der Waals surface area contributed by atoms with Crippen LogP contribution in [-0.2, 0) is 23.6 Å². The summed E-state index contributed by atoms with van der Waals surface area (Å²) in [5.74, 6) is 1.01. The first kappa shape index (κ1) is 19.1. The molecule has 1 fully saturated rings. The fourth-order valence-electron chi connectivity index (χ4n) is 3.79. The van der Waals surface area contributed by atoms with Gasteiger partial charge in [-0.2, -0.15) is 4.31 Å². The number of piperazine rings is 1. The highest BCUT2D eigenvalue weighted by Crippen LogP contribution is 2.23. The summed E-state index contributed by atoms with van der Waals surface area (Å²) in [6, 6.07) is 13.7. The number of aromatic nitrogens is 2. The maximum atomic E-state index is 13.1. The molecule has 1 aromatic heterocycles. The van der Waals surface area contributed by atoms with Crippen molar-refractivity contribution in [2.75, 3.05) is 26.2 Å². The number of rotatable bonds is 4. The molecule has 7 heteroatoms. The van der Waals surface area contributed by atoms with E-state index in [0.29, 0.717) is 31.1 Å². The van der Waals surface area contributed by atoms with Gasteiger partial charge in [-0.05, 0) is 43.2 Å². The first-order chi connectivity index (χ1) is 13.4. The average molecular weight is 399 g/mol. The Balaban J connectivity index is 1.47. The second kappa shape index (κ2) is 7.31. The van der Waals surface area contributed by atoms with Gasteiger partial charge in [0.25, 0.3) is 0 Å². The minimum absolute atomic E-state index is 0.427. The number of aryl methyl sites for hydroxylation is 3. The lowest BCUT2D eigenvalue weighted by Crippen LogP contribution is -2.48. The molecule has 1 saturated heterocycles. The quantitative estimate of drug-likeness (QED) is 0.678. The van der Waals surface area contributed by atoms with Crippen LogP contribution in [0.15, 0.2) is 47.4 Å². The molecule has 0 unspecified atom stereocenters. The molecule has 0 saturated carbocycles. The molecule has 0 N–H and O–H groups in total. The summed E-state index contributed by atoms with van der Waals surface area (Å²) in [7, 11) is -1.42. The fourth-order valence-corrected chi connectivity index (χ4v) is 5.52. The van der Waals surface area contributed by atoms with Crippen molar-refractivity contribution in [1.82, 2.24) is 18.8 Å².